The number of hydrogen-bond acceptors (Lipinski definition) is 2. The molecule has 4 heteroatoms. The summed E-state index contributed by atoms with van der Waals surface area (Å²) in [7, 11) is 0. The van der Waals surface area contributed by atoms with Crippen molar-refractivity contribution in [3.05, 3.63) is 35.9 Å². The zero-order chi connectivity index (χ0) is 14.5. The van der Waals surface area contributed by atoms with Crippen LogP contribution >= 0.6 is 0 Å². The fourth-order valence-electron chi connectivity index (χ4n) is 2.02. The molecule has 19 heavy (non-hydrogen) atoms. The van der Waals surface area contributed by atoms with Crippen LogP contribution in [-0.2, 0) is 9.59 Å². The third-order valence-corrected chi connectivity index (χ3v) is 3.67. The number of carboxylic acid groups (broad SMARTS) is 1. The molecule has 0 bridgehead atoms. The Labute approximate surface area is 113 Å². The summed E-state index contributed by atoms with van der Waals surface area (Å²) in [6, 6.07) is 9.34. The molecule has 0 aliphatic rings. The first-order valence-corrected chi connectivity index (χ1v) is 6.57. The number of hydrogen-bond donors (Lipinski definition) is 2. The summed E-state index contributed by atoms with van der Waals surface area (Å²) < 4.78 is 0. The van der Waals surface area contributed by atoms with Gasteiger partial charge >= 0.3 is 5.97 Å². The van der Waals surface area contributed by atoms with Gasteiger partial charge in [-0.25, -0.2) is 4.79 Å². The molecule has 0 saturated heterocycles. The highest BCUT2D eigenvalue weighted by atomic mass is 16.4. The first kappa shape index (κ1) is 15.2. The van der Waals surface area contributed by atoms with Crippen LogP contribution in [0.2, 0.25) is 0 Å². The SMILES string of the molecule is CCC(CC)(NC(=O)C(C)c1ccccc1)C(=O)O. The van der Waals surface area contributed by atoms with Gasteiger partial charge in [0.15, 0.2) is 0 Å². The Morgan fingerprint density at radius 3 is 2.16 bits per heavy atom. The van der Waals surface area contributed by atoms with Gasteiger partial charge in [-0.15, -0.1) is 0 Å². The summed E-state index contributed by atoms with van der Waals surface area (Å²) in [4.78, 5) is 23.6. The molecule has 4 nitrogen and oxygen atoms in total. The Kier molecular flexibility index (Phi) is 5.10. The van der Waals surface area contributed by atoms with Crippen LogP contribution in [0.4, 0.5) is 0 Å². The van der Waals surface area contributed by atoms with E-state index in [1.54, 1.807) is 20.8 Å². The molecule has 104 valence electrons. The second-order valence-corrected chi connectivity index (χ2v) is 4.72. The van der Waals surface area contributed by atoms with Gasteiger partial charge in [-0.2, -0.15) is 0 Å². The van der Waals surface area contributed by atoms with Gasteiger partial charge in [0.05, 0.1) is 5.92 Å². The molecule has 0 heterocycles. The van der Waals surface area contributed by atoms with Crippen molar-refractivity contribution in [1.29, 1.82) is 0 Å². The Hall–Kier alpha value is -1.84. The monoisotopic (exact) mass is 263 g/mol. The largest absolute Gasteiger partial charge is 0.480 e. The lowest BCUT2D eigenvalue weighted by molar-refractivity contribution is -0.148. The summed E-state index contributed by atoms with van der Waals surface area (Å²) in [5, 5.41) is 12.0. The Morgan fingerprint density at radius 2 is 1.74 bits per heavy atom. The lowest BCUT2D eigenvalue weighted by Crippen LogP contribution is -2.54. The summed E-state index contributed by atoms with van der Waals surface area (Å²) in [5.74, 6) is -1.60. The van der Waals surface area contributed by atoms with E-state index in [0.29, 0.717) is 12.8 Å². The van der Waals surface area contributed by atoms with Crippen LogP contribution in [0.5, 0.6) is 0 Å². The van der Waals surface area contributed by atoms with E-state index < -0.39 is 11.5 Å². The van der Waals surface area contributed by atoms with Crippen LogP contribution in [0.1, 0.15) is 45.1 Å². The molecule has 0 fully saturated rings. The Balaban J connectivity index is 2.87. The molecule has 1 aromatic rings. The number of carbonyl (C=O) groups excluding carboxylic acids is 1. The highest BCUT2D eigenvalue weighted by molar-refractivity contribution is 5.90. The maximum atomic E-state index is 12.2. The number of benzene rings is 1. The maximum Gasteiger partial charge on any atom is 0.329 e. The molecular weight excluding hydrogens is 242 g/mol. The van der Waals surface area contributed by atoms with Gasteiger partial charge in [-0.3, -0.25) is 4.79 Å². The predicted molar refractivity (Wildman–Crippen MR) is 73.9 cm³/mol. The topological polar surface area (TPSA) is 66.4 Å². The first-order valence-electron chi connectivity index (χ1n) is 6.57. The van der Waals surface area contributed by atoms with Gasteiger partial charge in [0.1, 0.15) is 5.54 Å². The smallest absolute Gasteiger partial charge is 0.329 e. The third kappa shape index (κ3) is 3.34. The lowest BCUT2D eigenvalue weighted by Gasteiger charge is -2.29. The maximum absolute atomic E-state index is 12.2. The van der Waals surface area contributed by atoms with E-state index in [1.807, 2.05) is 30.3 Å². The molecule has 0 spiro atoms. The molecule has 1 atom stereocenters. The Morgan fingerprint density at radius 1 is 1.21 bits per heavy atom. The molecule has 1 amide bonds. The molecule has 0 saturated carbocycles. The van der Waals surface area contributed by atoms with Crippen LogP contribution in [0.15, 0.2) is 30.3 Å². The van der Waals surface area contributed by atoms with Gasteiger partial charge in [0, 0.05) is 0 Å². The lowest BCUT2D eigenvalue weighted by atomic mass is 9.91. The summed E-state index contributed by atoms with van der Waals surface area (Å²) in [5.41, 5.74) is -0.286. The van der Waals surface area contributed by atoms with Crippen molar-refractivity contribution >= 4 is 11.9 Å². The van der Waals surface area contributed by atoms with Crippen LogP contribution in [-0.4, -0.2) is 22.5 Å². The van der Waals surface area contributed by atoms with Crippen molar-refractivity contribution < 1.29 is 14.7 Å². The molecule has 1 rings (SSSR count). The molecule has 0 radical (unpaired) electrons. The molecule has 0 aliphatic heterocycles. The normalized spacial score (nSPS) is 12.8. The van der Waals surface area contributed by atoms with Gasteiger partial charge in [0.2, 0.25) is 5.91 Å². The number of carbonyl (C=O) groups is 2. The van der Waals surface area contributed by atoms with Crippen LogP contribution in [0.3, 0.4) is 0 Å². The van der Waals surface area contributed by atoms with E-state index in [1.165, 1.54) is 0 Å². The van der Waals surface area contributed by atoms with Crippen molar-refractivity contribution in [1.82, 2.24) is 5.32 Å². The van der Waals surface area contributed by atoms with Gasteiger partial charge in [-0.1, -0.05) is 44.2 Å². The van der Waals surface area contributed by atoms with Crippen molar-refractivity contribution in [3.8, 4) is 0 Å². The quantitative estimate of drug-likeness (QED) is 0.829. The highest BCUT2D eigenvalue weighted by Crippen LogP contribution is 2.20. The standard InChI is InChI=1S/C15H21NO3/c1-4-15(5-2,14(18)19)16-13(17)11(3)12-9-7-6-8-10-12/h6-11H,4-5H2,1-3H3,(H,16,17)(H,18,19). The van der Waals surface area contributed by atoms with Crippen LogP contribution in [0.25, 0.3) is 0 Å². The Bertz CT molecular complexity index is 438. The zero-order valence-electron chi connectivity index (χ0n) is 11.6. The average Bonchev–Trinajstić information content (AvgIpc) is 2.44. The summed E-state index contributed by atoms with van der Waals surface area (Å²) in [6.45, 7) is 5.32. The van der Waals surface area contributed by atoms with E-state index in [0.717, 1.165) is 5.56 Å². The number of aliphatic carboxylic acids is 1. The fraction of sp³-hybridized carbons (Fsp3) is 0.467. The van der Waals surface area contributed by atoms with Crippen molar-refractivity contribution in [2.45, 2.75) is 45.1 Å². The zero-order valence-corrected chi connectivity index (χ0v) is 11.6. The van der Waals surface area contributed by atoms with E-state index in [4.69, 9.17) is 0 Å². The van der Waals surface area contributed by atoms with E-state index in [2.05, 4.69) is 5.32 Å². The number of amides is 1. The van der Waals surface area contributed by atoms with Crippen molar-refractivity contribution in [3.63, 3.8) is 0 Å². The van der Waals surface area contributed by atoms with Gasteiger partial charge in [-0.05, 0) is 25.3 Å². The predicted octanol–water partition coefficient (Wildman–Crippen LogP) is 2.55. The van der Waals surface area contributed by atoms with E-state index in [-0.39, 0.29) is 11.8 Å². The van der Waals surface area contributed by atoms with Gasteiger partial charge < -0.3 is 10.4 Å². The summed E-state index contributed by atoms with van der Waals surface area (Å²) >= 11 is 0. The number of carboxylic acids is 1. The molecule has 2 N–H and O–H groups in total. The first-order chi connectivity index (χ1) is 8.96. The number of nitrogens with one attached hydrogen (secondary N) is 1. The van der Waals surface area contributed by atoms with E-state index in [9.17, 15) is 14.7 Å². The van der Waals surface area contributed by atoms with Gasteiger partial charge in [0.25, 0.3) is 0 Å². The minimum atomic E-state index is -1.17. The van der Waals surface area contributed by atoms with Crippen molar-refractivity contribution in [2.24, 2.45) is 0 Å². The minimum Gasteiger partial charge on any atom is -0.480 e. The summed E-state index contributed by atoms with van der Waals surface area (Å²) in [6.07, 6.45) is 0.734. The third-order valence-electron chi connectivity index (χ3n) is 3.67. The molecule has 1 unspecified atom stereocenters. The fourth-order valence-corrected chi connectivity index (χ4v) is 2.02. The van der Waals surface area contributed by atoms with Crippen LogP contribution in [0, 0.1) is 0 Å². The molecule has 0 aromatic heterocycles. The van der Waals surface area contributed by atoms with Crippen LogP contribution < -0.4 is 5.32 Å². The number of rotatable bonds is 6. The molecular formula is C15H21NO3. The molecule has 1 aromatic carbocycles. The highest BCUT2D eigenvalue weighted by Gasteiger charge is 2.37. The van der Waals surface area contributed by atoms with E-state index >= 15 is 0 Å². The average molecular weight is 263 g/mol. The van der Waals surface area contributed by atoms with Crippen molar-refractivity contribution in [2.75, 3.05) is 0 Å². The minimum absolute atomic E-state index is 0.252. The second kappa shape index (κ2) is 6.36. The second-order valence-electron chi connectivity index (χ2n) is 4.72. The molecule has 0 aliphatic carbocycles.